The van der Waals surface area contributed by atoms with Gasteiger partial charge < -0.3 is 15.4 Å². The maximum atomic E-state index is 14.0. The summed E-state index contributed by atoms with van der Waals surface area (Å²) in [6, 6.07) is 7.59. The molecule has 1 fully saturated rings. The quantitative estimate of drug-likeness (QED) is 0.225. The number of imidazole rings is 1. The topological polar surface area (TPSA) is 145 Å². The van der Waals surface area contributed by atoms with E-state index in [1.54, 1.807) is 31.0 Å². The molecular formula is C29H23FN8O2. The number of nitrogens with zero attached hydrogens (tertiary/aromatic N) is 5. The lowest BCUT2D eigenvalue weighted by Crippen LogP contribution is -2.20. The van der Waals surface area contributed by atoms with E-state index in [1.807, 2.05) is 12.1 Å². The highest BCUT2D eigenvalue weighted by molar-refractivity contribution is 5.98. The zero-order valence-corrected chi connectivity index (χ0v) is 21.1. The lowest BCUT2D eigenvalue weighted by molar-refractivity contribution is -0.119. The average molecular weight is 535 g/mol. The maximum absolute atomic E-state index is 14.0. The molecule has 6 aromatic rings. The van der Waals surface area contributed by atoms with Crippen LogP contribution in [-0.2, 0) is 4.79 Å². The van der Waals surface area contributed by atoms with E-state index in [0.29, 0.717) is 50.6 Å². The summed E-state index contributed by atoms with van der Waals surface area (Å²) < 4.78 is 14.0. The molecule has 0 atom stereocenters. The molecule has 4 N–H and O–H groups in total. The number of hydrogen-bond acceptors (Lipinski definition) is 7. The Labute approximate surface area is 226 Å². The summed E-state index contributed by atoms with van der Waals surface area (Å²) in [5.41, 5.74) is 5.55. The number of aromatic nitrogens is 7. The molecule has 7 rings (SSSR count). The predicted octanol–water partition coefficient (Wildman–Crippen LogP) is 5.60. The smallest absolute Gasteiger partial charge is 0.227 e. The van der Waals surface area contributed by atoms with Crippen LogP contribution in [0.2, 0.25) is 0 Å². The number of pyridine rings is 3. The first-order valence-electron chi connectivity index (χ1n) is 13.0. The van der Waals surface area contributed by atoms with Crippen LogP contribution in [0, 0.1) is 11.7 Å². The molecule has 5 heterocycles. The molecule has 40 heavy (non-hydrogen) atoms. The Morgan fingerprint density at radius 2 is 1.80 bits per heavy atom. The van der Waals surface area contributed by atoms with Crippen molar-refractivity contribution in [1.82, 2.24) is 35.1 Å². The van der Waals surface area contributed by atoms with Crippen LogP contribution in [0.15, 0.2) is 61.3 Å². The third-order valence-corrected chi connectivity index (χ3v) is 7.29. The van der Waals surface area contributed by atoms with E-state index < -0.39 is 5.82 Å². The van der Waals surface area contributed by atoms with Gasteiger partial charge in [0.1, 0.15) is 17.3 Å². The van der Waals surface area contributed by atoms with Gasteiger partial charge >= 0.3 is 0 Å². The van der Waals surface area contributed by atoms with Gasteiger partial charge in [-0.25, -0.2) is 9.37 Å². The van der Waals surface area contributed by atoms with Crippen LogP contribution < -0.4 is 5.32 Å². The summed E-state index contributed by atoms with van der Waals surface area (Å²) in [6.45, 7) is 0. The van der Waals surface area contributed by atoms with E-state index >= 15 is 0 Å². The van der Waals surface area contributed by atoms with Crippen molar-refractivity contribution in [3.63, 3.8) is 0 Å². The molecular weight excluding hydrogens is 511 g/mol. The van der Waals surface area contributed by atoms with Gasteiger partial charge in [0, 0.05) is 40.9 Å². The Bertz CT molecular complexity index is 1890. The fourth-order valence-electron chi connectivity index (χ4n) is 5.32. The SMILES string of the molecule is O=C(Nc1cncc(-c2cc3c(-c4nc5c(-c6cc(O)cc(F)c6)cncc5[nH]4)n[nH]c3cn2)c1)C1CCCC1. The molecule has 0 bridgehead atoms. The number of hydrogen-bond donors (Lipinski definition) is 4. The number of carbonyl (C=O) groups is 1. The van der Waals surface area contributed by atoms with Crippen molar-refractivity contribution < 1.29 is 14.3 Å². The highest BCUT2D eigenvalue weighted by Gasteiger charge is 2.23. The van der Waals surface area contributed by atoms with Crippen LogP contribution in [0.5, 0.6) is 5.75 Å². The summed E-state index contributed by atoms with van der Waals surface area (Å²) in [6.07, 6.45) is 12.3. The number of fused-ring (bicyclic) bond motifs is 2. The van der Waals surface area contributed by atoms with Crippen molar-refractivity contribution >= 4 is 33.5 Å². The van der Waals surface area contributed by atoms with E-state index in [0.717, 1.165) is 42.7 Å². The Morgan fingerprint density at radius 3 is 2.65 bits per heavy atom. The first-order chi connectivity index (χ1) is 19.5. The molecule has 0 radical (unpaired) electrons. The number of nitrogens with one attached hydrogen (secondary N) is 3. The molecule has 5 aromatic heterocycles. The van der Waals surface area contributed by atoms with Crippen LogP contribution in [0.1, 0.15) is 25.7 Å². The summed E-state index contributed by atoms with van der Waals surface area (Å²) in [7, 11) is 0. The number of anilines is 1. The van der Waals surface area contributed by atoms with Gasteiger partial charge in [0.2, 0.25) is 5.91 Å². The van der Waals surface area contributed by atoms with Crippen molar-refractivity contribution in [3.05, 3.63) is 67.1 Å². The van der Waals surface area contributed by atoms with Crippen molar-refractivity contribution in [2.75, 3.05) is 5.32 Å². The molecule has 0 saturated heterocycles. The highest BCUT2D eigenvalue weighted by Crippen LogP contribution is 2.34. The van der Waals surface area contributed by atoms with Crippen LogP contribution in [0.3, 0.4) is 0 Å². The molecule has 1 saturated carbocycles. The van der Waals surface area contributed by atoms with Gasteiger partial charge in [-0.2, -0.15) is 5.10 Å². The molecule has 1 aromatic carbocycles. The van der Waals surface area contributed by atoms with Crippen molar-refractivity contribution in [1.29, 1.82) is 0 Å². The van der Waals surface area contributed by atoms with Gasteiger partial charge in [-0.05, 0) is 42.7 Å². The van der Waals surface area contributed by atoms with Gasteiger partial charge in [-0.1, -0.05) is 12.8 Å². The zero-order valence-electron chi connectivity index (χ0n) is 21.1. The lowest BCUT2D eigenvalue weighted by atomic mass is 10.1. The molecule has 1 amide bonds. The Kier molecular flexibility index (Phi) is 5.69. The summed E-state index contributed by atoms with van der Waals surface area (Å²) in [4.78, 5) is 33.8. The second-order valence-electron chi connectivity index (χ2n) is 9.99. The Morgan fingerprint density at radius 1 is 0.950 bits per heavy atom. The Hall–Kier alpha value is -5.19. The number of benzene rings is 1. The van der Waals surface area contributed by atoms with Crippen molar-refractivity contribution in [2.45, 2.75) is 25.7 Å². The van der Waals surface area contributed by atoms with Gasteiger partial charge in [-0.15, -0.1) is 0 Å². The third-order valence-electron chi connectivity index (χ3n) is 7.29. The fourth-order valence-corrected chi connectivity index (χ4v) is 5.32. The molecule has 11 heteroatoms. The van der Waals surface area contributed by atoms with Gasteiger partial charge in [0.15, 0.2) is 5.82 Å². The van der Waals surface area contributed by atoms with Gasteiger partial charge in [0.25, 0.3) is 0 Å². The number of rotatable bonds is 5. The number of H-pyrrole nitrogens is 2. The minimum Gasteiger partial charge on any atom is -0.508 e. The van der Waals surface area contributed by atoms with Crippen LogP contribution in [-0.4, -0.2) is 46.1 Å². The van der Waals surface area contributed by atoms with Gasteiger partial charge in [0.05, 0.1) is 46.5 Å². The third kappa shape index (κ3) is 4.31. The molecule has 10 nitrogen and oxygen atoms in total. The normalized spacial score (nSPS) is 13.8. The second kappa shape index (κ2) is 9.53. The largest absolute Gasteiger partial charge is 0.508 e. The minimum absolute atomic E-state index is 0.0316. The predicted molar refractivity (Wildman–Crippen MR) is 148 cm³/mol. The second-order valence-corrected chi connectivity index (χ2v) is 9.99. The number of aromatic amines is 2. The molecule has 1 aliphatic rings. The van der Waals surface area contributed by atoms with Gasteiger partial charge in [-0.3, -0.25) is 24.8 Å². The number of phenols is 1. The van der Waals surface area contributed by atoms with E-state index in [-0.39, 0.29) is 17.6 Å². The minimum atomic E-state index is -0.558. The number of carbonyl (C=O) groups excluding carboxylic acids is 1. The van der Waals surface area contributed by atoms with Crippen LogP contribution in [0.25, 0.3) is 55.8 Å². The van der Waals surface area contributed by atoms with Crippen molar-refractivity contribution in [3.8, 4) is 39.7 Å². The summed E-state index contributed by atoms with van der Waals surface area (Å²) in [5, 5.41) is 21.1. The zero-order chi connectivity index (χ0) is 27.2. The van der Waals surface area contributed by atoms with E-state index in [4.69, 9.17) is 4.98 Å². The molecule has 0 aliphatic heterocycles. The lowest BCUT2D eigenvalue weighted by Gasteiger charge is -2.11. The van der Waals surface area contributed by atoms with Crippen molar-refractivity contribution in [2.24, 2.45) is 5.92 Å². The first-order valence-corrected chi connectivity index (χ1v) is 13.0. The molecule has 0 unspecified atom stereocenters. The number of phenolic OH excluding ortho intramolecular Hbond substituents is 1. The highest BCUT2D eigenvalue weighted by atomic mass is 19.1. The number of aromatic hydroxyl groups is 1. The first kappa shape index (κ1) is 23.9. The maximum Gasteiger partial charge on any atom is 0.227 e. The van der Waals surface area contributed by atoms with E-state index in [9.17, 15) is 14.3 Å². The van der Waals surface area contributed by atoms with E-state index in [2.05, 4.69) is 35.5 Å². The standard InChI is InChI=1S/C29H23FN8O2/c30-18-5-16(7-20(39)8-18)22-12-32-13-25-26(22)36-28(35-25)27-21-9-23(33-14-24(21)37-38-27)17-6-19(11-31-10-17)34-29(40)15-3-1-2-4-15/h5-15,39H,1-4H2,(H,34,40)(H,35,36)(H,37,38). The van der Waals surface area contributed by atoms with Crippen LogP contribution in [0.4, 0.5) is 10.1 Å². The number of amides is 1. The molecule has 1 aliphatic carbocycles. The summed E-state index contributed by atoms with van der Waals surface area (Å²) in [5.74, 6) is -0.165. The monoisotopic (exact) mass is 534 g/mol. The molecule has 198 valence electrons. The average Bonchev–Trinajstić information content (AvgIpc) is 3.71. The Balaban J connectivity index is 1.25. The summed E-state index contributed by atoms with van der Waals surface area (Å²) >= 11 is 0. The number of halogens is 1. The van der Waals surface area contributed by atoms with Crippen LogP contribution >= 0.6 is 0 Å². The molecule has 0 spiro atoms. The van der Waals surface area contributed by atoms with E-state index in [1.165, 1.54) is 12.1 Å². The fraction of sp³-hybridized carbons (Fsp3) is 0.172.